The number of hydrogen-bond donors (Lipinski definition) is 2. The van der Waals surface area contributed by atoms with Gasteiger partial charge in [-0.3, -0.25) is 9.62 Å². The molecule has 4 rings (SSSR count). The van der Waals surface area contributed by atoms with E-state index >= 15 is 0 Å². The Morgan fingerprint density at radius 2 is 1.69 bits per heavy atom. The summed E-state index contributed by atoms with van der Waals surface area (Å²) in [5.41, 5.74) is 3.22. The van der Waals surface area contributed by atoms with Crippen LogP contribution in [0.1, 0.15) is 40.4 Å². The molecule has 0 radical (unpaired) electrons. The van der Waals surface area contributed by atoms with E-state index in [0.29, 0.717) is 33.5 Å². The number of benzene rings is 2. The predicted octanol–water partition coefficient (Wildman–Crippen LogP) is 4.19. The minimum absolute atomic E-state index is 0.102. The predicted molar refractivity (Wildman–Crippen MR) is 139 cm³/mol. The van der Waals surface area contributed by atoms with Crippen LogP contribution in [0.15, 0.2) is 41.3 Å². The highest BCUT2D eigenvalue weighted by Crippen LogP contribution is 2.29. The molecule has 1 fully saturated rings. The third kappa shape index (κ3) is 5.26. The molecule has 0 spiro atoms. The lowest BCUT2D eigenvalue weighted by Gasteiger charge is -2.35. The Morgan fingerprint density at radius 3 is 2.29 bits per heavy atom. The second-order valence-electron chi connectivity index (χ2n) is 9.23. The number of carboxylic acids is 1. The summed E-state index contributed by atoms with van der Waals surface area (Å²) < 4.78 is 29.0. The van der Waals surface area contributed by atoms with Crippen molar-refractivity contribution < 1.29 is 18.3 Å². The van der Waals surface area contributed by atoms with Crippen molar-refractivity contribution in [2.24, 2.45) is 0 Å². The SMILES string of the molecule is CCCN1CCN(c2cc(C(=O)O)c3cc(NS(=O)(=O)c4c(C)cc(C)cc4C)ccc3n2)CC1. The van der Waals surface area contributed by atoms with E-state index in [4.69, 9.17) is 4.98 Å². The highest BCUT2D eigenvalue weighted by Gasteiger charge is 2.23. The van der Waals surface area contributed by atoms with Crippen LogP contribution in [0.5, 0.6) is 0 Å². The fourth-order valence-electron chi connectivity index (χ4n) is 4.93. The van der Waals surface area contributed by atoms with Crippen LogP contribution in [-0.2, 0) is 10.0 Å². The molecular formula is C26H32N4O4S. The van der Waals surface area contributed by atoms with Crippen LogP contribution in [0.3, 0.4) is 0 Å². The molecule has 3 aromatic rings. The number of sulfonamides is 1. The quantitative estimate of drug-likeness (QED) is 0.506. The molecule has 35 heavy (non-hydrogen) atoms. The molecule has 2 N–H and O–H groups in total. The molecule has 0 aliphatic carbocycles. The van der Waals surface area contributed by atoms with E-state index in [2.05, 4.69) is 21.4 Å². The van der Waals surface area contributed by atoms with E-state index in [9.17, 15) is 18.3 Å². The van der Waals surface area contributed by atoms with E-state index in [1.165, 1.54) is 0 Å². The van der Waals surface area contributed by atoms with Crippen LogP contribution in [0, 0.1) is 20.8 Å². The zero-order chi connectivity index (χ0) is 25.3. The maximum Gasteiger partial charge on any atom is 0.336 e. The number of piperazine rings is 1. The van der Waals surface area contributed by atoms with Gasteiger partial charge in [0.05, 0.1) is 16.0 Å². The molecule has 0 bridgehead atoms. The Hall–Kier alpha value is -3.17. The number of aromatic nitrogens is 1. The van der Waals surface area contributed by atoms with Crippen molar-refractivity contribution >= 4 is 38.4 Å². The smallest absolute Gasteiger partial charge is 0.336 e. The monoisotopic (exact) mass is 496 g/mol. The molecule has 1 aliphatic rings. The molecular weight excluding hydrogens is 464 g/mol. The third-order valence-corrected chi connectivity index (χ3v) is 8.07. The van der Waals surface area contributed by atoms with Gasteiger partial charge in [-0.2, -0.15) is 0 Å². The van der Waals surface area contributed by atoms with Crippen LogP contribution in [0.25, 0.3) is 10.9 Å². The number of carbonyl (C=O) groups is 1. The molecule has 0 unspecified atom stereocenters. The number of nitrogens with one attached hydrogen (secondary N) is 1. The fourth-order valence-corrected chi connectivity index (χ4v) is 6.43. The van der Waals surface area contributed by atoms with Gasteiger partial charge in [0.2, 0.25) is 0 Å². The maximum absolute atomic E-state index is 13.2. The Kier molecular flexibility index (Phi) is 7.00. The first kappa shape index (κ1) is 24.9. The second-order valence-corrected chi connectivity index (χ2v) is 10.8. The Balaban J connectivity index is 1.67. The van der Waals surface area contributed by atoms with Gasteiger partial charge in [-0.25, -0.2) is 18.2 Å². The highest BCUT2D eigenvalue weighted by molar-refractivity contribution is 7.92. The van der Waals surface area contributed by atoms with Crippen molar-refractivity contribution in [2.75, 3.05) is 42.3 Å². The molecule has 186 valence electrons. The first-order valence-corrected chi connectivity index (χ1v) is 13.3. The summed E-state index contributed by atoms with van der Waals surface area (Å²) in [6, 6.07) is 10.1. The molecule has 0 amide bonds. The standard InChI is InChI=1S/C26H32N4O4S/c1-5-8-29-9-11-30(12-10-29)24-16-22(26(31)32)21-15-20(6-7-23(21)27-24)28-35(33,34)25-18(3)13-17(2)14-19(25)4/h6-7,13-16,28H,5,8-12H2,1-4H3,(H,31,32). The van der Waals surface area contributed by atoms with Crippen molar-refractivity contribution in [1.29, 1.82) is 0 Å². The van der Waals surface area contributed by atoms with Crippen molar-refractivity contribution in [3.05, 3.63) is 58.7 Å². The number of hydrogen-bond acceptors (Lipinski definition) is 6. The highest BCUT2D eigenvalue weighted by atomic mass is 32.2. The van der Waals surface area contributed by atoms with E-state index in [0.717, 1.165) is 44.7 Å². The number of pyridine rings is 1. The normalized spacial score (nSPS) is 14.9. The van der Waals surface area contributed by atoms with Gasteiger partial charge in [0, 0.05) is 37.3 Å². The first-order valence-electron chi connectivity index (χ1n) is 11.8. The summed E-state index contributed by atoms with van der Waals surface area (Å²) >= 11 is 0. The van der Waals surface area contributed by atoms with Crippen molar-refractivity contribution in [1.82, 2.24) is 9.88 Å². The van der Waals surface area contributed by atoms with Crippen molar-refractivity contribution in [2.45, 2.75) is 39.0 Å². The summed E-state index contributed by atoms with van der Waals surface area (Å²) in [6.07, 6.45) is 1.10. The largest absolute Gasteiger partial charge is 0.478 e. The number of carboxylic acid groups (broad SMARTS) is 1. The van der Waals surface area contributed by atoms with Gasteiger partial charge in [-0.15, -0.1) is 0 Å². The van der Waals surface area contributed by atoms with Crippen LogP contribution in [-0.4, -0.2) is 62.1 Å². The molecule has 1 aliphatic heterocycles. The van der Waals surface area contributed by atoms with Crippen LogP contribution < -0.4 is 9.62 Å². The van der Waals surface area contributed by atoms with Crippen LogP contribution >= 0.6 is 0 Å². The van der Waals surface area contributed by atoms with Gasteiger partial charge in [0.25, 0.3) is 10.0 Å². The van der Waals surface area contributed by atoms with Gasteiger partial charge in [-0.05, 0) is 69.1 Å². The van der Waals surface area contributed by atoms with E-state index in [1.54, 1.807) is 38.1 Å². The van der Waals surface area contributed by atoms with E-state index < -0.39 is 16.0 Å². The molecule has 9 heteroatoms. The Labute approximate surface area is 206 Å². The first-order chi connectivity index (χ1) is 16.6. The molecule has 2 aromatic carbocycles. The number of aromatic carboxylic acids is 1. The summed E-state index contributed by atoms with van der Waals surface area (Å²) in [7, 11) is -3.86. The molecule has 0 saturated carbocycles. The lowest BCUT2D eigenvalue weighted by molar-refractivity contribution is 0.0699. The average Bonchev–Trinajstić information content (AvgIpc) is 2.77. The number of nitrogens with zero attached hydrogens (tertiary/aromatic N) is 3. The number of anilines is 2. The number of fused-ring (bicyclic) bond motifs is 1. The van der Waals surface area contributed by atoms with E-state index in [1.807, 2.05) is 19.1 Å². The minimum Gasteiger partial charge on any atom is -0.478 e. The fraction of sp³-hybridized carbons (Fsp3) is 0.385. The molecule has 0 atom stereocenters. The average molecular weight is 497 g/mol. The second kappa shape index (κ2) is 9.83. The zero-order valence-corrected chi connectivity index (χ0v) is 21.4. The summed E-state index contributed by atoms with van der Waals surface area (Å²) in [4.78, 5) is 21.6. The molecule has 2 heterocycles. The van der Waals surface area contributed by atoms with Crippen molar-refractivity contribution in [3.63, 3.8) is 0 Å². The molecule has 1 saturated heterocycles. The lowest BCUT2D eigenvalue weighted by atomic mass is 10.1. The van der Waals surface area contributed by atoms with Crippen LogP contribution in [0.4, 0.5) is 11.5 Å². The number of rotatable bonds is 7. The minimum atomic E-state index is -3.86. The third-order valence-electron chi connectivity index (χ3n) is 6.39. The van der Waals surface area contributed by atoms with Crippen LogP contribution in [0.2, 0.25) is 0 Å². The van der Waals surface area contributed by atoms with Gasteiger partial charge in [-0.1, -0.05) is 24.6 Å². The maximum atomic E-state index is 13.2. The van der Waals surface area contributed by atoms with Gasteiger partial charge < -0.3 is 10.0 Å². The summed E-state index contributed by atoms with van der Waals surface area (Å²) in [5.74, 6) is -0.446. The molecule has 1 aromatic heterocycles. The van der Waals surface area contributed by atoms with E-state index in [-0.39, 0.29) is 10.5 Å². The van der Waals surface area contributed by atoms with Gasteiger partial charge in [0.1, 0.15) is 5.82 Å². The Bertz CT molecular complexity index is 1360. The molecule has 8 nitrogen and oxygen atoms in total. The summed E-state index contributed by atoms with van der Waals surface area (Å²) in [6.45, 7) is 12.1. The Morgan fingerprint density at radius 1 is 1.03 bits per heavy atom. The summed E-state index contributed by atoms with van der Waals surface area (Å²) in [5, 5.41) is 10.3. The van der Waals surface area contributed by atoms with Gasteiger partial charge >= 0.3 is 5.97 Å². The number of aryl methyl sites for hydroxylation is 3. The lowest BCUT2D eigenvalue weighted by Crippen LogP contribution is -2.46. The van der Waals surface area contributed by atoms with Gasteiger partial charge in [0.15, 0.2) is 0 Å². The van der Waals surface area contributed by atoms with Crippen molar-refractivity contribution in [3.8, 4) is 0 Å². The zero-order valence-electron chi connectivity index (χ0n) is 20.6. The topological polar surface area (TPSA) is 103 Å².